The van der Waals surface area contributed by atoms with Gasteiger partial charge >= 0.3 is 0 Å². The highest BCUT2D eigenvalue weighted by Crippen LogP contribution is 2.19. The van der Waals surface area contributed by atoms with E-state index in [1.165, 1.54) is 25.9 Å². The standard InChI is InChI=1S/C16H23N3O/c1-19-7-5-13(6-8-19)11-18-12-14-3-4-15(10-17)16(9-14)20-2/h3-4,9,13,18H,5-8,11-12H2,1-2H3. The number of piperidine rings is 1. The number of ether oxygens (including phenoxy) is 1. The average Bonchev–Trinajstić information content (AvgIpc) is 2.49. The van der Waals surface area contributed by atoms with Gasteiger partial charge in [-0.15, -0.1) is 0 Å². The molecule has 1 fully saturated rings. The Kier molecular flexibility index (Phi) is 5.40. The van der Waals surface area contributed by atoms with Crippen LogP contribution in [0.15, 0.2) is 18.2 Å². The van der Waals surface area contributed by atoms with E-state index in [1.807, 2.05) is 18.2 Å². The lowest BCUT2D eigenvalue weighted by Crippen LogP contribution is -2.34. The van der Waals surface area contributed by atoms with Crippen molar-refractivity contribution in [2.24, 2.45) is 5.92 Å². The van der Waals surface area contributed by atoms with Gasteiger partial charge in [0.2, 0.25) is 0 Å². The molecule has 1 aromatic carbocycles. The second-order valence-electron chi connectivity index (χ2n) is 5.52. The predicted molar refractivity (Wildman–Crippen MR) is 79.6 cm³/mol. The first kappa shape index (κ1) is 14.8. The van der Waals surface area contributed by atoms with Gasteiger partial charge in [0.15, 0.2) is 0 Å². The topological polar surface area (TPSA) is 48.3 Å². The molecule has 1 aliphatic rings. The summed E-state index contributed by atoms with van der Waals surface area (Å²) in [6.07, 6.45) is 2.56. The summed E-state index contributed by atoms with van der Waals surface area (Å²) in [7, 11) is 3.79. The third-order valence-electron chi connectivity index (χ3n) is 3.99. The summed E-state index contributed by atoms with van der Waals surface area (Å²) in [6, 6.07) is 7.89. The van der Waals surface area contributed by atoms with E-state index in [2.05, 4.69) is 23.3 Å². The third-order valence-corrected chi connectivity index (χ3v) is 3.99. The molecule has 4 heteroatoms. The van der Waals surface area contributed by atoms with Crippen molar-refractivity contribution >= 4 is 0 Å². The van der Waals surface area contributed by atoms with Crippen LogP contribution in [-0.4, -0.2) is 38.7 Å². The van der Waals surface area contributed by atoms with Crippen LogP contribution in [0.1, 0.15) is 24.0 Å². The number of nitrogens with zero attached hydrogens (tertiary/aromatic N) is 2. The van der Waals surface area contributed by atoms with Crippen LogP contribution in [0.3, 0.4) is 0 Å². The first-order chi connectivity index (χ1) is 9.72. The Bertz CT molecular complexity index is 473. The Labute approximate surface area is 121 Å². The van der Waals surface area contributed by atoms with Gasteiger partial charge < -0.3 is 15.0 Å². The zero-order valence-corrected chi connectivity index (χ0v) is 12.4. The van der Waals surface area contributed by atoms with Gasteiger partial charge in [0.25, 0.3) is 0 Å². The largest absolute Gasteiger partial charge is 0.495 e. The molecule has 1 aromatic rings. The van der Waals surface area contributed by atoms with Crippen LogP contribution in [0.4, 0.5) is 0 Å². The lowest BCUT2D eigenvalue weighted by Gasteiger charge is -2.29. The van der Waals surface area contributed by atoms with Crippen molar-refractivity contribution in [3.8, 4) is 11.8 Å². The highest BCUT2D eigenvalue weighted by molar-refractivity contribution is 5.45. The van der Waals surface area contributed by atoms with E-state index in [0.717, 1.165) is 24.6 Å². The fourth-order valence-electron chi connectivity index (χ4n) is 2.62. The van der Waals surface area contributed by atoms with Gasteiger partial charge in [-0.25, -0.2) is 0 Å². The fourth-order valence-corrected chi connectivity index (χ4v) is 2.62. The van der Waals surface area contributed by atoms with Crippen molar-refractivity contribution in [1.29, 1.82) is 5.26 Å². The van der Waals surface area contributed by atoms with Crippen LogP contribution >= 0.6 is 0 Å². The van der Waals surface area contributed by atoms with Crippen molar-refractivity contribution in [3.63, 3.8) is 0 Å². The average molecular weight is 273 g/mol. The van der Waals surface area contributed by atoms with Gasteiger partial charge in [0, 0.05) is 6.54 Å². The van der Waals surface area contributed by atoms with E-state index in [-0.39, 0.29) is 0 Å². The Hall–Kier alpha value is -1.57. The number of benzene rings is 1. The zero-order chi connectivity index (χ0) is 14.4. The van der Waals surface area contributed by atoms with E-state index in [9.17, 15) is 0 Å². The molecule has 0 radical (unpaired) electrons. The zero-order valence-electron chi connectivity index (χ0n) is 12.4. The van der Waals surface area contributed by atoms with Crippen molar-refractivity contribution in [3.05, 3.63) is 29.3 Å². The summed E-state index contributed by atoms with van der Waals surface area (Å²) >= 11 is 0. The molecule has 0 atom stereocenters. The van der Waals surface area contributed by atoms with Crippen molar-refractivity contribution in [2.45, 2.75) is 19.4 Å². The van der Waals surface area contributed by atoms with Gasteiger partial charge in [-0.2, -0.15) is 5.26 Å². The minimum absolute atomic E-state index is 0.589. The Morgan fingerprint density at radius 1 is 1.40 bits per heavy atom. The van der Waals surface area contributed by atoms with E-state index in [1.54, 1.807) is 7.11 Å². The van der Waals surface area contributed by atoms with Crippen LogP contribution in [0, 0.1) is 17.2 Å². The monoisotopic (exact) mass is 273 g/mol. The number of hydrogen-bond acceptors (Lipinski definition) is 4. The fraction of sp³-hybridized carbons (Fsp3) is 0.562. The quantitative estimate of drug-likeness (QED) is 0.891. The van der Waals surface area contributed by atoms with Gasteiger partial charge in [-0.1, -0.05) is 6.07 Å². The van der Waals surface area contributed by atoms with Crippen LogP contribution in [-0.2, 0) is 6.54 Å². The molecule has 1 saturated heterocycles. The molecular weight excluding hydrogens is 250 g/mol. The molecule has 1 N–H and O–H groups in total. The highest BCUT2D eigenvalue weighted by Gasteiger charge is 2.15. The number of likely N-dealkylation sites (tertiary alicyclic amines) is 1. The maximum absolute atomic E-state index is 8.96. The SMILES string of the molecule is COc1cc(CNCC2CCN(C)CC2)ccc1C#N. The molecule has 0 bridgehead atoms. The lowest BCUT2D eigenvalue weighted by molar-refractivity contribution is 0.216. The van der Waals surface area contributed by atoms with Crippen molar-refractivity contribution in [1.82, 2.24) is 10.2 Å². The van der Waals surface area contributed by atoms with Crippen LogP contribution in [0.5, 0.6) is 5.75 Å². The van der Waals surface area contributed by atoms with Gasteiger partial charge in [-0.05, 0) is 63.1 Å². The molecule has 0 aromatic heterocycles. The maximum atomic E-state index is 8.96. The maximum Gasteiger partial charge on any atom is 0.136 e. The van der Waals surface area contributed by atoms with Gasteiger partial charge in [-0.3, -0.25) is 0 Å². The smallest absolute Gasteiger partial charge is 0.136 e. The molecule has 2 rings (SSSR count). The Morgan fingerprint density at radius 3 is 2.80 bits per heavy atom. The predicted octanol–water partition coefficient (Wildman–Crippen LogP) is 2.00. The molecule has 1 aliphatic heterocycles. The van der Waals surface area contributed by atoms with E-state index in [4.69, 9.17) is 10.00 Å². The molecule has 0 amide bonds. The highest BCUT2D eigenvalue weighted by atomic mass is 16.5. The van der Waals surface area contributed by atoms with Crippen molar-refractivity contribution in [2.75, 3.05) is 33.8 Å². The minimum atomic E-state index is 0.589. The lowest BCUT2D eigenvalue weighted by atomic mass is 9.97. The molecule has 0 saturated carbocycles. The first-order valence-electron chi connectivity index (χ1n) is 7.19. The number of rotatable bonds is 5. The second-order valence-corrected chi connectivity index (χ2v) is 5.52. The summed E-state index contributed by atoms with van der Waals surface area (Å²) in [5.41, 5.74) is 1.75. The van der Waals surface area contributed by atoms with E-state index in [0.29, 0.717) is 11.3 Å². The summed E-state index contributed by atoms with van der Waals surface area (Å²) in [6.45, 7) is 4.30. The van der Waals surface area contributed by atoms with Crippen molar-refractivity contribution < 1.29 is 4.74 Å². The van der Waals surface area contributed by atoms with Crippen LogP contribution in [0.2, 0.25) is 0 Å². The Balaban J connectivity index is 1.81. The summed E-state index contributed by atoms with van der Waals surface area (Å²) in [5.74, 6) is 1.44. The number of methoxy groups -OCH3 is 1. The minimum Gasteiger partial charge on any atom is -0.495 e. The molecule has 0 unspecified atom stereocenters. The molecule has 108 valence electrons. The molecule has 1 heterocycles. The van der Waals surface area contributed by atoms with E-state index >= 15 is 0 Å². The second kappa shape index (κ2) is 7.28. The molecule has 0 spiro atoms. The summed E-state index contributed by atoms with van der Waals surface area (Å²) < 4.78 is 5.23. The summed E-state index contributed by atoms with van der Waals surface area (Å²) in [5, 5.41) is 12.5. The normalized spacial score (nSPS) is 16.9. The van der Waals surface area contributed by atoms with Crippen LogP contribution < -0.4 is 10.1 Å². The van der Waals surface area contributed by atoms with Crippen LogP contribution in [0.25, 0.3) is 0 Å². The Morgan fingerprint density at radius 2 is 2.15 bits per heavy atom. The number of nitrogens with one attached hydrogen (secondary N) is 1. The van der Waals surface area contributed by atoms with E-state index < -0.39 is 0 Å². The first-order valence-corrected chi connectivity index (χ1v) is 7.19. The molecular formula is C16H23N3O. The summed E-state index contributed by atoms with van der Waals surface area (Å²) in [4.78, 5) is 2.39. The van der Waals surface area contributed by atoms with Gasteiger partial charge in [0.1, 0.15) is 11.8 Å². The molecule has 4 nitrogen and oxygen atoms in total. The molecule has 20 heavy (non-hydrogen) atoms. The third kappa shape index (κ3) is 3.96. The number of hydrogen-bond donors (Lipinski definition) is 1. The number of nitriles is 1. The van der Waals surface area contributed by atoms with Gasteiger partial charge in [0.05, 0.1) is 12.7 Å². The molecule has 0 aliphatic carbocycles.